The molecule has 0 saturated heterocycles. The van der Waals surface area contributed by atoms with Crippen LogP contribution >= 0.6 is 0 Å². The molecule has 0 atom stereocenters. The number of aromatic nitrogens is 1. The summed E-state index contributed by atoms with van der Waals surface area (Å²) < 4.78 is 1.78. The number of carbonyl (C=O) groups excluding carboxylic acids is 2. The lowest BCUT2D eigenvalue weighted by Crippen LogP contribution is -2.43. The minimum atomic E-state index is -0.00427. The number of carbonyl (C=O) groups is 2. The van der Waals surface area contributed by atoms with Crippen LogP contribution in [0.3, 0.4) is 0 Å². The van der Waals surface area contributed by atoms with Crippen molar-refractivity contribution >= 4 is 11.8 Å². The van der Waals surface area contributed by atoms with Crippen LogP contribution in [0.25, 0.3) is 0 Å². The average molecular weight is 377 g/mol. The second kappa shape index (κ2) is 14.2. The highest BCUT2D eigenvalue weighted by Crippen LogP contribution is 2.07. The van der Waals surface area contributed by atoms with E-state index in [9.17, 15) is 9.59 Å². The molecule has 5 heteroatoms. The maximum absolute atomic E-state index is 12.4. The summed E-state index contributed by atoms with van der Waals surface area (Å²) in [5.41, 5.74) is 0.622. The molecule has 0 fully saturated rings. The van der Waals surface area contributed by atoms with E-state index in [1.807, 2.05) is 26.1 Å². The van der Waals surface area contributed by atoms with Crippen LogP contribution in [0.5, 0.6) is 0 Å². The molecule has 0 radical (unpaired) electrons. The van der Waals surface area contributed by atoms with Crippen LogP contribution in [0.1, 0.15) is 82.5 Å². The third-order valence-corrected chi connectivity index (χ3v) is 4.83. The molecule has 27 heavy (non-hydrogen) atoms. The number of rotatable bonds is 14. The van der Waals surface area contributed by atoms with Crippen molar-refractivity contribution in [3.63, 3.8) is 0 Å². The van der Waals surface area contributed by atoms with Crippen molar-refractivity contribution in [3.8, 4) is 0 Å². The van der Waals surface area contributed by atoms with Crippen molar-refractivity contribution in [1.29, 1.82) is 0 Å². The second-order valence-corrected chi connectivity index (χ2v) is 7.07. The minimum Gasteiger partial charge on any atom is -0.351 e. The zero-order valence-corrected chi connectivity index (χ0v) is 17.5. The first-order valence-corrected chi connectivity index (χ1v) is 10.7. The molecule has 1 N–H and O–H groups in total. The summed E-state index contributed by atoms with van der Waals surface area (Å²) in [6.07, 6.45) is 13.7. The number of unbranched alkanes of at least 4 members (excludes halogenated alkanes) is 7. The second-order valence-electron chi connectivity index (χ2n) is 7.07. The van der Waals surface area contributed by atoms with Gasteiger partial charge in [-0.25, -0.2) is 0 Å². The lowest BCUT2D eigenvalue weighted by molar-refractivity contribution is -0.684. The topological polar surface area (TPSA) is 53.3 Å². The van der Waals surface area contributed by atoms with Crippen LogP contribution in [-0.2, 0) is 11.3 Å². The zero-order valence-electron chi connectivity index (χ0n) is 17.5. The first kappa shape index (κ1) is 23.1. The number of nitrogens with one attached hydrogen (secondary N) is 1. The molecule has 0 aliphatic rings. The van der Waals surface area contributed by atoms with E-state index < -0.39 is 0 Å². The van der Waals surface area contributed by atoms with Gasteiger partial charge in [0.1, 0.15) is 5.56 Å². The molecule has 152 valence electrons. The molecule has 0 spiro atoms. The van der Waals surface area contributed by atoms with Gasteiger partial charge >= 0.3 is 0 Å². The maximum atomic E-state index is 12.4. The van der Waals surface area contributed by atoms with E-state index in [2.05, 4.69) is 12.2 Å². The molecule has 0 aliphatic carbocycles. The summed E-state index contributed by atoms with van der Waals surface area (Å²) in [4.78, 5) is 26.3. The molecular weight excluding hydrogens is 338 g/mol. The Labute approximate surface area is 165 Å². The Morgan fingerprint density at radius 2 is 1.59 bits per heavy atom. The van der Waals surface area contributed by atoms with Crippen molar-refractivity contribution in [1.82, 2.24) is 10.2 Å². The van der Waals surface area contributed by atoms with E-state index in [-0.39, 0.29) is 18.4 Å². The predicted octanol–water partition coefficient (Wildman–Crippen LogP) is 3.71. The first-order valence-electron chi connectivity index (χ1n) is 10.7. The van der Waals surface area contributed by atoms with Crippen LogP contribution in [0.2, 0.25) is 0 Å². The maximum Gasteiger partial charge on any atom is 0.285 e. The molecule has 1 rings (SSSR count). The van der Waals surface area contributed by atoms with Crippen LogP contribution < -0.4 is 9.88 Å². The molecule has 0 bridgehead atoms. The van der Waals surface area contributed by atoms with Crippen molar-refractivity contribution in [2.45, 2.75) is 78.7 Å². The zero-order chi connectivity index (χ0) is 19.9. The van der Waals surface area contributed by atoms with Gasteiger partial charge in [0, 0.05) is 25.7 Å². The van der Waals surface area contributed by atoms with Gasteiger partial charge in [0.2, 0.25) is 6.54 Å². The van der Waals surface area contributed by atoms with Crippen LogP contribution in [0.15, 0.2) is 24.5 Å². The Balaban J connectivity index is 2.28. The highest BCUT2D eigenvalue weighted by Gasteiger charge is 2.17. The Kier molecular flexibility index (Phi) is 12.2. The summed E-state index contributed by atoms with van der Waals surface area (Å²) in [5.74, 6) is 0.00378. The lowest BCUT2D eigenvalue weighted by Gasteiger charge is -2.17. The molecule has 0 saturated carbocycles. The van der Waals surface area contributed by atoms with Crippen LogP contribution in [-0.4, -0.2) is 36.3 Å². The predicted molar refractivity (Wildman–Crippen MR) is 110 cm³/mol. The molecule has 1 heterocycles. The molecule has 5 nitrogen and oxygen atoms in total. The normalized spacial score (nSPS) is 10.6. The first-order chi connectivity index (χ1) is 13.1. The van der Waals surface area contributed by atoms with Gasteiger partial charge in [-0.2, -0.15) is 4.57 Å². The summed E-state index contributed by atoms with van der Waals surface area (Å²) >= 11 is 0. The van der Waals surface area contributed by atoms with Gasteiger partial charge < -0.3 is 10.2 Å². The van der Waals surface area contributed by atoms with E-state index in [4.69, 9.17) is 0 Å². The van der Waals surface area contributed by atoms with Gasteiger partial charge in [-0.15, -0.1) is 0 Å². The molecule has 1 aromatic heterocycles. The summed E-state index contributed by atoms with van der Waals surface area (Å²) in [5, 5.41) is 2.98. The van der Waals surface area contributed by atoms with E-state index in [0.717, 1.165) is 13.0 Å². The van der Waals surface area contributed by atoms with Gasteiger partial charge in [-0.3, -0.25) is 9.59 Å². The van der Waals surface area contributed by atoms with Gasteiger partial charge in [0.15, 0.2) is 12.4 Å². The largest absolute Gasteiger partial charge is 0.351 e. The standard InChI is InChI=1S/C22H37N3O2/c1-4-7-8-9-10-11-12-13-16-23-21(26)19-24-17-14-15-20(18-24)22(27)25(5-2)6-3/h14-15,17-18H,4-13,16,19H2,1-3H3/p+1. The third kappa shape index (κ3) is 9.55. The monoisotopic (exact) mass is 376 g/mol. The SMILES string of the molecule is CCCCCCCCCCNC(=O)C[n+]1cccc(C(=O)N(CC)CC)c1. The fraction of sp³-hybridized carbons (Fsp3) is 0.682. The summed E-state index contributed by atoms with van der Waals surface area (Å²) in [7, 11) is 0. The van der Waals surface area contributed by atoms with E-state index in [1.54, 1.807) is 21.7 Å². The van der Waals surface area contributed by atoms with Crippen LogP contribution in [0.4, 0.5) is 0 Å². The van der Waals surface area contributed by atoms with Crippen molar-refractivity contribution in [3.05, 3.63) is 30.1 Å². The molecule has 2 amide bonds. The fourth-order valence-electron chi connectivity index (χ4n) is 3.15. The molecular formula is C22H38N3O2+. The summed E-state index contributed by atoms with van der Waals surface area (Å²) in [6.45, 7) is 8.52. The number of hydrogen-bond acceptors (Lipinski definition) is 2. The number of amides is 2. The lowest BCUT2D eigenvalue weighted by atomic mass is 10.1. The van der Waals surface area contributed by atoms with E-state index in [0.29, 0.717) is 18.7 Å². The van der Waals surface area contributed by atoms with E-state index >= 15 is 0 Å². The molecule has 1 aromatic rings. The Morgan fingerprint density at radius 3 is 2.22 bits per heavy atom. The number of pyridine rings is 1. The minimum absolute atomic E-state index is 0.00427. The highest BCUT2D eigenvalue weighted by atomic mass is 16.2. The Hall–Kier alpha value is -1.91. The third-order valence-electron chi connectivity index (χ3n) is 4.83. The molecule has 0 aliphatic heterocycles. The Bertz CT molecular complexity index is 556. The van der Waals surface area contributed by atoms with Crippen LogP contribution in [0, 0.1) is 0 Å². The van der Waals surface area contributed by atoms with Gasteiger partial charge in [-0.05, 0) is 26.3 Å². The molecule has 0 unspecified atom stereocenters. The van der Waals surface area contributed by atoms with Gasteiger partial charge in [0.05, 0.1) is 0 Å². The van der Waals surface area contributed by atoms with E-state index in [1.165, 1.54) is 44.9 Å². The number of nitrogens with zero attached hydrogens (tertiary/aromatic N) is 2. The van der Waals surface area contributed by atoms with Crippen molar-refractivity contribution in [2.24, 2.45) is 0 Å². The van der Waals surface area contributed by atoms with Crippen molar-refractivity contribution in [2.75, 3.05) is 19.6 Å². The average Bonchev–Trinajstić information content (AvgIpc) is 2.67. The molecule has 0 aromatic carbocycles. The highest BCUT2D eigenvalue weighted by molar-refractivity contribution is 5.93. The van der Waals surface area contributed by atoms with Crippen molar-refractivity contribution < 1.29 is 14.2 Å². The summed E-state index contributed by atoms with van der Waals surface area (Å²) in [6, 6.07) is 3.62. The fourth-order valence-corrected chi connectivity index (χ4v) is 3.15. The van der Waals surface area contributed by atoms with Gasteiger partial charge in [-0.1, -0.05) is 51.9 Å². The Morgan fingerprint density at radius 1 is 0.963 bits per heavy atom. The quantitative estimate of drug-likeness (QED) is 0.397. The number of hydrogen-bond donors (Lipinski definition) is 1. The van der Waals surface area contributed by atoms with Gasteiger partial charge in [0.25, 0.3) is 11.8 Å². The smallest absolute Gasteiger partial charge is 0.285 e.